The molecule has 2 aromatic heterocycles. The molecule has 16 nitrogen and oxygen atoms in total. The van der Waals surface area contributed by atoms with Gasteiger partial charge in [-0.1, -0.05) is 30.3 Å². The van der Waals surface area contributed by atoms with Crippen LogP contribution in [0.25, 0.3) is 0 Å². The van der Waals surface area contributed by atoms with E-state index in [4.69, 9.17) is 33.2 Å². The molecule has 0 spiro atoms. The zero-order chi connectivity index (χ0) is 39.4. The van der Waals surface area contributed by atoms with E-state index >= 15 is 0 Å². The largest absolute Gasteiger partial charge is 0.503 e. The van der Waals surface area contributed by atoms with Gasteiger partial charge in [-0.15, -0.1) is 0 Å². The predicted molar refractivity (Wildman–Crippen MR) is 191 cm³/mol. The number of amides is 2. The van der Waals surface area contributed by atoms with Crippen molar-refractivity contribution in [2.24, 2.45) is 0 Å². The third-order valence-electron chi connectivity index (χ3n) is 5.93. The lowest BCUT2D eigenvalue weighted by Gasteiger charge is -2.19. The maximum Gasteiger partial charge on any atom is 0.407 e. The maximum absolute atomic E-state index is 11.7. The zero-order valence-corrected chi connectivity index (χ0v) is 31.5. The highest BCUT2D eigenvalue weighted by molar-refractivity contribution is 5.68. The van der Waals surface area contributed by atoms with E-state index in [0.717, 1.165) is 5.56 Å². The van der Waals surface area contributed by atoms with Gasteiger partial charge in [0.15, 0.2) is 23.0 Å². The van der Waals surface area contributed by atoms with Crippen molar-refractivity contribution < 1.29 is 57.4 Å². The van der Waals surface area contributed by atoms with E-state index in [0.29, 0.717) is 29.5 Å². The van der Waals surface area contributed by atoms with Gasteiger partial charge in [0.05, 0.1) is 36.9 Å². The number of aromatic nitrogens is 2. The first-order valence-electron chi connectivity index (χ1n) is 16.7. The summed E-state index contributed by atoms with van der Waals surface area (Å²) in [5.74, 6) is 0.105. The van der Waals surface area contributed by atoms with Gasteiger partial charge in [0.2, 0.25) is 0 Å². The van der Waals surface area contributed by atoms with E-state index in [9.17, 15) is 24.3 Å². The molecule has 2 heterocycles. The predicted octanol–water partition coefficient (Wildman–Crippen LogP) is 5.38. The van der Waals surface area contributed by atoms with Crippen LogP contribution < -0.4 is 24.8 Å². The summed E-state index contributed by atoms with van der Waals surface area (Å²) in [4.78, 5) is 53.1. The summed E-state index contributed by atoms with van der Waals surface area (Å²) in [6.45, 7) is 14.4. The van der Waals surface area contributed by atoms with Crippen molar-refractivity contribution in [3.8, 4) is 23.0 Å². The Morgan fingerprint density at radius 3 is 1.60 bits per heavy atom. The molecule has 1 aromatic carbocycles. The van der Waals surface area contributed by atoms with Crippen molar-refractivity contribution in [1.29, 1.82) is 0 Å². The normalized spacial score (nSPS) is 10.8. The second-order valence-corrected chi connectivity index (χ2v) is 13.2. The van der Waals surface area contributed by atoms with Crippen LogP contribution in [0.2, 0.25) is 0 Å². The lowest BCUT2D eigenvalue weighted by molar-refractivity contribution is -0.143. The van der Waals surface area contributed by atoms with Gasteiger partial charge in [-0.25, -0.2) is 9.59 Å². The molecular formula is C37H50N4O12. The first-order valence-corrected chi connectivity index (χ1v) is 16.7. The average molecular weight is 743 g/mol. The van der Waals surface area contributed by atoms with Crippen LogP contribution in [-0.2, 0) is 48.4 Å². The Morgan fingerprint density at radius 2 is 1.11 bits per heavy atom. The third-order valence-corrected chi connectivity index (χ3v) is 5.93. The molecular weight excluding hydrogens is 692 g/mol. The molecule has 290 valence electrons. The Hall–Kier alpha value is -5.80. The van der Waals surface area contributed by atoms with Gasteiger partial charge in [0.25, 0.3) is 0 Å². The van der Waals surface area contributed by atoms with Crippen LogP contribution in [0.5, 0.6) is 23.0 Å². The number of alkyl carbamates (subject to hydrolysis) is 2. The Balaban J connectivity index is 0.000000381. The SMILES string of the molecule is CC(=O)OCc1cc(OCCNC(=O)OC(C)(C)C)c(O)cn1.CC(=O)OCc1cc(OCCNC(=O)OC(C)(C)C)c(OCc2ccccc2)cn1. The van der Waals surface area contributed by atoms with Crippen LogP contribution in [0.3, 0.4) is 0 Å². The smallest absolute Gasteiger partial charge is 0.407 e. The summed E-state index contributed by atoms with van der Waals surface area (Å²) in [6.07, 6.45) is 1.67. The monoisotopic (exact) mass is 742 g/mol. The highest BCUT2D eigenvalue weighted by atomic mass is 16.6. The van der Waals surface area contributed by atoms with E-state index in [1.54, 1.807) is 47.6 Å². The number of pyridine rings is 2. The van der Waals surface area contributed by atoms with Crippen molar-refractivity contribution in [3.63, 3.8) is 0 Å². The molecule has 0 radical (unpaired) electrons. The van der Waals surface area contributed by atoms with Crippen molar-refractivity contribution in [1.82, 2.24) is 20.6 Å². The standard InChI is InChI=1S/C22H28N2O6.C15H22N2O6/c1-16(25)28-15-18-12-19(27-11-10-23-21(26)30-22(2,3)4)20(13-24-18)29-14-17-8-6-5-7-9-17;1-10(18)22-9-11-7-13(12(19)8-17-11)21-6-5-16-14(20)23-15(2,3)4/h5-9,12-13H,10-11,14-15H2,1-4H3,(H,23,26);7-8,19H,5-6,9H2,1-4H3,(H,16,20). The van der Waals surface area contributed by atoms with Gasteiger partial charge in [-0.3, -0.25) is 19.6 Å². The second-order valence-electron chi connectivity index (χ2n) is 13.2. The first-order chi connectivity index (χ1) is 24.9. The molecule has 3 N–H and O–H groups in total. The molecule has 0 saturated carbocycles. The number of ether oxygens (including phenoxy) is 7. The molecule has 0 atom stereocenters. The minimum absolute atomic E-state index is 0.0118. The summed E-state index contributed by atoms with van der Waals surface area (Å²) in [7, 11) is 0. The molecule has 3 aromatic rings. The fourth-order valence-corrected chi connectivity index (χ4v) is 3.77. The van der Waals surface area contributed by atoms with Crippen LogP contribution in [0.1, 0.15) is 72.3 Å². The molecule has 0 aliphatic carbocycles. The number of nitrogens with zero attached hydrogens (tertiary/aromatic N) is 2. The number of aromatic hydroxyl groups is 1. The summed E-state index contributed by atoms with van der Waals surface area (Å²) in [5.41, 5.74) is 0.819. The molecule has 16 heteroatoms. The van der Waals surface area contributed by atoms with E-state index in [-0.39, 0.29) is 51.0 Å². The number of hydrogen-bond donors (Lipinski definition) is 3. The number of carbonyl (C=O) groups excluding carboxylic acids is 4. The molecule has 0 aliphatic heterocycles. The highest BCUT2D eigenvalue weighted by Crippen LogP contribution is 2.28. The fraction of sp³-hybridized carbons (Fsp3) is 0.459. The molecule has 0 bridgehead atoms. The number of carbonyl (C=O) groups is 4. The van der Waals surface area contributed by atoms with E-state index in [2.05, 4.69) is 20.6 Å². The lowest BCUT2D eigenvalue weighted by Crippen LogP contribution is -2.34. The molecule has 3 rings (SSSR count). The molecule has 2 amide bonds. The lowest BCUT2D eigenvalue weighted by atomic mass is 10.2. The van der Waals surface area contributed by atoms with Crippen molar-refractivity contribution in [2.45, 2.75) is 86.4 Å². The topological polar surface area (TPSA) is 203 Å². The summed E-state index contributed by atoms with van der Waals surface area (Å²) < 4.78 is 37.0. The number of rotatable bonds is 15. The summed E-state index contributed by atoms with van der Waals surface area (Å²) in [6, 6.07) is 12.8. The highest BCUT2D eigenvalue weighted by Gasteiger charge is 2.17. The van der Waals surface area contributed by atoms with Crippen LogP contribution in [0, 0.1) is 0 Å². The average Bonchev–Trinajstić information content (AvgIpc) is 3.06. The zero-order valence-electron chi connectivity index (χ0n) is 31.5. The molecule has 0 saturated heterocycles. The molecule has 0 aliphatic rings. The van der Waals surface area contributed by atoms with Gasteiger partial charge in [-0.05, 0) is 47.1 Å². The Labute approximate surface area is 309 Å². The number of esters is 2. The third kappa shape index (κ3) is 20.0. The molecule has 0 unspecified atom stereocenters. The van der Waals surface area contributed by atoms with Crippen LogP contribution in [0.15, 0.2) is 54.9 Å². The van der Waals surface area contributed by atoms with E-state index in [1.165, 1.54) is 32.3 Å². The van der Waals surface area contributed by atoms with Crippen LogP contribution in [-0.4, -0.2) is 76.7 Å². The van der Waals surface area contributed by atoms with Crippen LogP contribution in [0.4, 0.5) is 9.59 Å². The van der Waals surface area contributed by atoms with Gasteiger partial charge in [0.1, 0.15) is 44.2 Å². The molecule has 0 fully saturated rings. The van der Waals surface area contributed by atoms with Gasteiger partial charge in [-0.2, -0.15) is 0 Å². The Bertz CT molecular complexity index is 1620. The summed E-state index contributed by atoms with van der Waals surface area (Å²) >= 11 is 0. The second kappa shape index (κ2) is 21.5. The van der Waals surface area contributed by atoms with Gasteiger partial charge >= 0.3 is 24.1 Å². The number of benzene rings is 1. The van der Waals surface area contributed by atoms with E-state index < -0.39 is 35.3 Å². The van der Waals surface area contributed by atoms with Crippen molar-refractivity contribution in [2.75, 3.05) is 26.3 Å². The summed E-state index contributed by atoms with van der Waals surface area (Å²) in [5, 5.41) is 14.8. The van der Waals surface area contributed by atoms with Crippen molar-refractivity contribution in [3.05, 3.63) is 71.8 Å². The first kappa shape index (κ1) is 43.4. The Kier molecular flexibility index (Phi) is 17.6. The quantitative estimate of drug-likeness (QED) is 0.102. The number of nitrogens with one attached hydrogen (secondary N) is 2. The van der Waals surface area contributed by atoms with Gasteiger partial charge in [0, 0.05) is 26.0 Å². The Morgan fingerprint density at radius 1 is 0.642 bits per heavy atom. The van der Waals surface area contributed by atoms with Gasteiger partial charge < -0.3 is 48.9 Å². The fourth-order valence-electron chi connectivity index (χ4n) is 3.77. The minimum atomic E-state index is -0.570. The van der Waals surface area contributed by atoms with Crippen LogP contribution >= 0.6 is 0 Å². The number of hydrogen-bond acceptors (Lipinski definition) is 14. The maximum atomic E-state index is 11.7. The molecule has 53 heavy (non-hydrogen) atoms. The van der Waals surface area contributed by atoms with Crippen molar-refractivity contribution >= 4 is 24.1 Å². The van der Waals surface area contributed by atoms with E-state index in [1.807, 2.05) is 30.3 Å². The minimum Gasteiger partial charge on any atom is -0.503 e.